The number of nitrogens with zero attached hydrogens (tertiary/aromatic N) is 5. The number of rotatable bonds is 5. The van der Waals surface area contributed by atoms with Crippen molar-refractivity contribution in [1.29, 1.82) is 0 Å². The number of aromatic amines is 1. The number of hydrogen-bond donors (Lipinski definition) is 1. The SMILES string of the molecule is CCn1c(=O)n(CC)c2cc(-c3[nH]c(-c4cncnc4)nc3-c3cccc(C)c3)ccc21. The summed E-state index contributed by atoms with van der Waals surface area (Å²) in [7, 11) is 0. The van der Waals surface area contributed by atoms with E-state index < -0.39 is 0 Å². The second-order valence-electron chi connectivity index (χ2n) is 7.78. The maximum Gasteiger partial charge on any atom is 0.329 e. The quantitative estimate of drug-likeness (QED) is 0.445. The average Bonchev–Trinajstić information content (AvgIpc) is 3.38. The minimum absolute atomic E-state index is 0.0211. The molecular weight excluding hydrogens is 400 g/mol. The Morgan fingerprint density at radius 1 is 0.875 bits per heavy atom. The predicted octanol–water partition coefficient (Wildman–Crippen LogP) is 4.67. The van der Waals surface area contributed by atoms with Crippen LogP contribution in [0.3, 0.4) is 0 Å². The summed E-state index contributed by atoms with van der Waals surface area (Å²) in [5.74, 6) is 0.705. The molecule has 0 radical (unpaired) electrons. The Bertz CT molecular complexity index is 1480. The minimum Gasteiger partial charge on any atom is -0.337 e. The van der Waals surface area contributed by atoms with Gasteiger partial charge in [0.1, 0.15) is 12.2 Å². The van der Waals surface area contributed by atoms with Crippen LogP contribution in [0.25, 0.3) is 44.9 Å². The lowest BCUT2D eigenvalue weighted by molar-refractivity contribution is 0.671. The number of hydrogen-bond acceptors (Lipinski definition) is 4. The molecule has 1 N–H and O–H groups in total. The number of benzene rings is 2. The van der Waals surface area contributed by atoms with Gasteiger partial charge in [-0.2, -0.15) is 0 Å². The van der Waals surface area contributed by atoms with Gasteiger partial charge < -0.3 is 4.98 Å². The summed E-state index contributed by atoms with van der Waals surface area (Å²) in [6, 6.07) is 14.4. The fourth-order valence-corrected chi connectivity index (χ4v) is 4.23. The first kappa shape index (κ1) is 19.9. The summed E-state index contributed by atoms with van der Waals surface area (Å²) < 4.78 is 3.63. The Morgan fingerprint density at radius 2 is 1.62 bits per heavy atom. The van der Waals surface area contributed by atoms with Crippen molar-refractivity contribution in [3.8, 4) is 33.9 Å². The van der Waals surface area contributed by atoms with Gasteiger partial charge in [0, 0.05) is 36.6 Å². The lowest BCUT2D eigenvalue weighted by Crippen LogP contribution is -2.22. The molecule has 0 aliphatic carbocycles. The second-order valence-corrected chi connectivity index (χ2v) is 7.78. The van der Waals surface area contributed by atoms with Crippen LogP contribution in [-0.4, -0.2) is 29.1 Å². The summed E-state index contributed by atoms with van der Waals surface area (Å²) in [6.07, 6.45) is 5.00. The summed E-state index contributed by atoms with van der Waals surface area (Å²) in [5, 5.41) is 0. The van der Waals surface area contributed by atoms with E-state index in [0.29, 0.717) is 18.9 Å². The Morgan fingerprint density at radius 3 is 2.34 bits per heavy atom. The van der Waals surface area contributed by atoms with Crippen LogP contribution in [0.1, 0.15) is 19.4 Å². The fourth-order valence-electron chi connectivity index (χ4n) is 4.23. The van der Waals surface area contributed by atoms with Crippen LogP contribution in [0, 0.1) is 6.92 Å². The van der Waals surface area contributed by atoms with Crippen LogP contribution in [0.5, 0.6) is 0 Å². The molecular formula is C25H24N6O. The molecule has 0 fully saturated rings. The summed E-state index contributed by atoms with van der Waals surface area (Å²) in [4.78, 5) is 29.5. The van der Waals surface area contributed by atoms with Gasteiger partial charge in [-0.1, -0.05) is 29.8 Å². The third kappa shape index (κ3) is 3.22. The zero-order valence-electron chi connectivity index (χ0n) is 18.3. The maximum atomic E-state index is 12.8. The first-order valence-corrected chi connectivity index (χ1v) is 10.8. The molecule has 0 amide bonds. The molecule has 32 heavy (non-hydrogen) atoms. The van der Waals surface area contributed by atoms with Crippen molar-refractivity contribution >= 4 is 11.0 Å². The van der Waals surface area contributed by atoms with Crippen molar-refractivity contribution in [3.05, 3.63) is 77.2 Å². The highest BCUT2D eigenvalue weighted by Crippen LogP contribution is 2.34. The van der Waals surface area contributed by atoms with E-state index in [1.807, 2.05) is 41.2 Å². The van der Waals surface area contributed by atoms with E-state index in [1.165, 1.54) is 6.33 Å². The third-order valence-corrected chi connectivity index (χ3v) is 5.77. The van der Waals surface area contributed by atoms with Crippen molar-refractivity contribution in [2.45, 2.75) is 33.9 Å². The molecule has 0 spiro atoms. The van der Waals surface area contributed by atoms with Gasteiger partial charge in [-0.05, 0) is 39.0 Å². The summed E-state index contributed by atoms with van der Waals surface area (Å²) >= 11 is 0. The second kappa shape index (κ2) is 7.92. The zero-order valence-corrected chi connectivity index (χ0v) is 18.3. The highest BCUT2D eigenvalue weighted by atomic mass is 16.1. The fraction of sp³-hybridized carbons (Fsp3) is 0.200. The van der Waals surface area contributed by atoms with Gasteiger partial charge in [-0.25, -0.2) is 19.7 Å². The molecule has 0 unspecified atom stereocenters. The molecule has 3 aromatic heterocycles. The number of aromatic nitrogens is 6. The molecule has 5 rings (SSSR count). The molecule has 0 aliphatic rings. The van der Waals surface area contributed by atoms with Gasteiger partial charge in [0.05, 0.1) is 28.0 Å². The van der Waals surface area contributed by atoms with E-state index in [9.17, 15) is 4.79 Å². The van der Waals surface area contributed by atoms with E-state index in [-0.39, 0.29) is 5.69 Å². The maximum absolute atomic E-state index is 12.8. The van der Waals surface area contributed by atoms with Gasteiger partial charge in [0.25, 0.3) is 0 Å². The molecule has 5 aromatic rings. The third-order valence-electron chi connectivity index (χ3n) is 5.77. The predicted molar refractivity (Wildman–Crippen MR) is 126 cm³/mol. The van der Waals surface area contributed by atoms with Crippen molar-refractivity contribution in [2.24, 2.45) is 0 Å². The van der Waals surface area contributed by atoms with Crippen LogP contribution in [0.4, 0.5) is 0 Å². The number of nitrogens with one attached hydrogen (secondary N) is 1. The number of imidazole rings is 2. The summed E-state index contributed by atoms with van der Waals surface area (Å²) in [5.41, 5.74) is 7.62. The van der Waals surface area contributed by atoms with E-state index in [0.717, 1.165) is 44.7 Å². The summed E-state index contributed by atoms with van der Waals surface area (Å²) in [6.45, 7) is 7.31. The Labute approximate surface area is 185 Å². The Kier molecular flexibility index (Phi) is 4.93. The highest BCUT2D eigenvalue weighted by Gasteiger charge is 2.18. The molecule has 160 valence electrons. The van der Waals surface area contributed by atoms with Crippen molar-refractivity contribution in [2.75, 3.05) is 0 Å². The van der Waals surface area contributed by atoms with Gasteiger partial charge in [-0.15, -0.1) is 0 Å². The molecule has 0 saturated carbocycles. The standard InChI is InChI=1S/C25H24N6O/c1-4-30-20-10-9-18(12-21(20)31(5-2)25(30)32)23-22(17-8-6-7-16(3)11-17)28-24(29-23)19-13-26-15-27-14-19/h6-15H,4-5H2,1-3H3,(H,28,29). The number of fused-ring (bicyclic) bond motifs is 1. The van der Waals surface area contributed by atoms with Crippen LogP contribution in [0.2, 0.25) is 0 Å². The molecule has 2 aromatic carbocycles. The molecule has 0 aliphatic heterocycles. The molecule has 0 bridgehead atoms. The molecule has 0 atom stereocenters. The van der Waals surface area contributed by atoms with Crippen molar-refractivity contribution < 1.29 is 0 Å². The normalized spacial score (nSPS) is 11.3. The van der Waals surface area contributed by atoms with Crippen LogP contribution in [0.15, 0.2) is 66.0 Å². The van der Waals surface area contributed by atoms with E-state index in [4.69, 9.17) is 4.98 Å². The topological polar surface area (TPSA) is 81.4 Å². The largest absolute Gasteiger partial charge is 0.337 e. The first-order chi connectivity index (χ1) is 15.6. The molecule has 7 heteroatoms. The van der Waals surface area contributed by atoms with Gasteiger partial charge in [0.15, 0.2) is 0 Å². The molecule has 0 saturated heterocycles. The minimum atomic E-state index is 0.0211. The van der Waals surface area contributed by atoms with Gasteiger partial charge in [0.2, 0.25) is 0 Å². The van der Waals surface area contributed by atoms with Crippen LogP contribution >= 0.6 is 0 Å². The Hall–Kier alpha value is -4.00. The van der Waals surface area contributed by atoms with Gasteiger partial charge in [-0.3, -0.25) is 9.13 Å². The van der Waals surface area contributed by atoms with E-state index in [1.54, 1.807) is 12.4 Å². The van der Waals surface area contributed by atoms with Crippen LogP contribution in [-0.2, 0) is 13.1 Å². The van der Waals surface area contributed by atoms with Crippen LogP contribution < -0.4 is 5.69 Å². The number of H-pyrrole nitrogens is 1. The zero-order chi connectivity index (χ0) is 22.2. The lowest BCUT2D eigenvalue weighted by atomic mass is 10.0. The van der Waals surface area contributed by atoms with Crippen molar-refractivity contribution in [1.82, 2.24) is 29.1 Å². The number of aryl methyl sites for hydroxylation is 3. The highest BCUT2D eigenvalue weighted by molar-refractivity contribution is 5.87. The lowest BCUT2D eigenvalue weighted by Gasteiger charge is -2.06. The molecule has 3 heterocycles. The van der Waals surface area contributed by atoms with E-state index >= 15 is 0 Å². The van der Waals surface area contributed by atoms with E-state index in [2.05, 4.69) is 46.1 Å². The first-order valence-electron chi connectivity index (χ1n) is 10.8. The average molecular weight is 425 g/mol. The molecule has 7 nitrogen and oxygen atoms in total. The van der Waals surface area contributed by atoms with Crippen molar-refractivity contribution in [3.63, 3.8) is 0 Å². The smallest absolute Gasteiger partial charge is 0.329 e. The monoisotopic (exact) mass is 424 g/mol. The Balaban J connectivity index is 1.76. The van der Waals surface area contributed by atoms with Gasteiger partial charge >= 0.3 is 5.69 Å².